The summed E-state index contributed by atoms with van der Waals surface area (Å²) in [4.78, 5) is 22.8. The Balaban J connectivity index is 1.62. The average molecular weight is 376 g/mol. The number of nitro benzene ring substituents is 1. The fourth-order valence-electron chi connectivity index (χ4n) is 2.87. The predicted molar refractivity (Wildman–Crippen MR) is 108 cm³/mol. The molecule has 142 valence electrons. The van der Waals surface area contributed by atoms with Crippen LogP contribution in [0.25, 0.3) is 11.1 Å². The second kappa shape index (κ2) is 8.81. The van der Waals surface area contributed by atoms with E-state index in [1.807, 2.05) is 54.6 Å². The van der Waals surface area contributed by atoms with Crippen LogP contribution >= 0.6 is 0 Å². The second-order valence-electron chi connectivity index (χ2n) is 6.22. The van der Waals surface area contributed by atoms with E-state index in [0.29, 0.717) is 17.0 Å². The molecule has 1 N–H and O–H groups in total. The van der Waals surface area contributed by atoms with Crippen LogP contribution in [0, 0.1) is 17.0 Å². The van der Waals surface area contributed by atoms with Crippen LogP contribution in [0.1, 0.15) is 12.0 Å². The maximum absolute atomic E-state index is 12.2. The summed E-state index contributed by atoms with van der Waals surface area (Å²) in [6, 6.07) is 22.1. The van der Waals surface area contributed by atoms with Gasteiger partial charge in [0, 0.05) is 11.6 Å². The molecular formula is C22H20N2O4. The molecule has 0 aliphatic carbocycles. The number of carbonyl (C=O) groups excluding carboxylic acids is 1. The molecule has 6 heteroatoms. The third kappa shape index (κ3) is 4.54. The van der Waals surface area contributed by atoms with E-state index in [0.717, 1.165) is 11.1 Å². The highest BCUT2D eigenvalue weighted by molar-refractivity contribution is 5.92. The monoisotopic (exact) mass is 376 g/mol. The van der Waals surface area contributed by atoms with Gasteiger partial charge in [-0.05, 0) is 24.6 Å². The van der Waals surface area contributed by atoms with E-state index >= 15 is 0 Å². The highest BCUT2D eigenvalue weighted by Gasteiger charge is 2.15. The van der Waals surface area contributed by atoms with Crippen LogP contribution < -0.4 is 10.1 Å². The van der Waals surface area contributed by atoms with Crippen molar-refractivity contribution in [2.24, 2.45) is 0 Å². The highest BCUT2D eigenvalue weighted by atomic mass is 16.6. The molecule has 0 saturated carbocycles. The first-order valence-corrected chi connectivity index (χ1v) is 8.87. The first kappa shape index (κ1) is 19.1. The second-order valence-corrected chi connectivity index (χ2v) is 6.22. The molecule has 0 aromatic heterocycles. The van der Waals surface area contributed by atoms with Gasteiger partial charge in [0.2, 0.25) is 5.91 Å². The van der Waals surface area contributed by atoms with E-state index in [2.05, 4.69) is 5.32 Å². The lowest BCUT2D eigenvalue weighted by Gasteiger charge is -2.12. The number of hydrogen-bond acceptors (Lipinski definition) is 4. The maximum atomic E-state index is 12.2. The zero-order valence-corrected chi connectivity index (χ0v) is 15.4. The quantitative estimate of drug-likeness (QED) is 0.466. The van der Waals surface area contributed by atoms with Gasteiger partial charge < -0.3 is 10.1 Å². The summed E-state index contributed by atoms with van der Waals surface area (Å²) in [5.41, 5.74) is 2.83. The first-order chi connectivity index (χ1) is 13.6. The third-order valence-electron chi connectivity index (χ3n) is 4.33. The Morgan fingerprint density at radius 2 is 1.71 bits per heavy atom. The van der Waals surface area contributed by atoms with Gasteiger partial charge in [-0.2, -0.15) is 0 Å². The minimum Gasteiger partial charge on any atom is -0.492 e. The number of benzene rings is 3. The number of hydrogen-bond donors (Lipinski definition) is 1. The van der Waals surface area contributed by atoms with Gasteiger partial charge in [0.25, 0.3) is 5.69 Å². The molecule has 0 heterocycles. The maximum Gasteiger partial charge on any atom is 0.274 e. The Morgan fingerprint density at radius 1 is 1.00 bits per heavy atom. The topological polar surface area (TPSA) is 81.5 Å². The Kier molecular flexibility index (Phi) is 6.01. The van der Waals surface area contributed by atoms with Crippen LogP contribution in [-0.4, -0.2) is 17.4 Å². The molecule has 0 aliphatic heterocycles. The Labute approximate surface area is 162 Å². The van der Waals surface area contributed by atoms with Gasteiger partial charge >= 0.3 is 0 Å². The van der Waals surface area contributed by atoms with Crippen molar-refractivity contribution in [3.05, 3.63) is 88.5 Å². The summed E-state index contributed by atoms with van der Waals surface area (Å²) in [5, 5.41) is 13.7. The van der Waals surface area contributed by atoms with Crippen LogP contribution in [0.2, 0.25) is 0 Å². The molecule has 0 radical (unpaired) electrons. The van der Waals surface area contributed by atoms with E-state index in [9.17, 15) is 14.9 Å². The van der Waals surface area contributed by atoms with Crippen molar-refractivity contribution in [1.29, 1.82) is 0 Å². The number of ether oxygens (including phenoxy) is 1. The zero-order chi connectivity index (χ0) is 19.9. The van der Waals surface area contributed by atoms with Crippen molar-refractivity contribution in [2.75, 3.05) is 11.9 Å². The van der Waals surface area contributed by atoms with E-state index in [1.54, 1.807) is 19.1 Å². The van der Waals surface area contributed by atoms with E-state index in [4.69, 9.17) is 4.74 Å². The molecule has 6 nitrogen and oxygen atoms in total. The third-order valence-corrected chi connectivity index (χ3v) is 4.33. The first-order valence-electron chi connectivity index (χ1n) is 8.87. The molecule has 28 heavy (non-hydrogen) atoms. The summed E-state index contributed by atoms with van der Waals surface area (Å²) >= 11 is 0. The van der Waals surface area contributed by atoms with Crippen LogP contribution in [0.5, 0.6) is 5.75 Å². The van der Waals surface area contributed by atoms with Crippen molar-refractivity contribution in [3.8, 4) is 16.9 Å². The number of rotatable bonds is 7. The van der Waals surface area contributed by atoms with Crippen molar-refractivity contribution >= 4 is 17.3 Å². The number of nitrogens with one attached hydrogen (secondary N) is 1. The fraction of sp³-hybridized carbons (Fsp3) is 0.136. The van der Waals surface area contributed by atoms with E-state index in [1.165, 1.54) is 6.07 Å². The van der Waals surface area contributed by atoms with Gasteiger partial charge in [0.15, 0.2) is 0 Å². The van der Waals surface area contributed by atoms with Crippen LogP contribution in [0.3, 0.4) is 0 Å². The van der Waals surface area contributed by atoms with Gasteiger partial charge in [-0.3, -0.25) is 14.9 Å². The molecule has 3 rings (SSSR count). The minimum atomic E-state index is -0.464. The molecule has 0 bridgehead atoms. The number of anilines is 1. The summed E-state index contributed by atoms with van der Waals surface area (Å²) in [6.45, 7) is 1.81. The number of carbonyl (C=O) groups is 1. The fourth-order valence-corrected chi connectivity index (χ4v) is 2.87. The van der Waals surface area contributed by atoms with Crippen molar-refractivity contribution < 1.29 is 14.5 Å². The Morgan fingerprint density at radius 3 is 2.46 bits per heavy atom. The summed E-state index contributed by atoms with van der Waals surface area (Å²) in [5.74, 6) is 0.439. The lowest BCUT2D eigenvalue weighted by atomic mass is 10.1. The SMILES string of the molecule is Cc1c(NC(=O)CCOc2ccccc2-c2ccccc2)cccc1[N+](=O)[O-]. The highest BCUT2D eigenvalue weighted by Crippen LogP contribution is 2.29. The molecule has 0 aliphatic rings. The summed E-state index contributed by atoms with van der Waals surface area (Å²) in [6.07, 6.45) is 0.130. The average Bonchev–Trinajstić information content (AvgIpc) is 2.70. The smallest absolute Gasteiger partial charge is 0.274 e. The molecule has 0 fully saturated rings. The lowest BCUT2D eigenvalue weighted by Crippen LogP contribution is -2.16. The minimum absolute atomic E-state index is 0.0224. The lowest BCUT2D eigenvalue weighted by molar-refractivity contribution is -0.385. The predicted octanol–water partition coefficient (Wildman–Crippen LogP) is 4.98. The van der Waals surface area contributed by atoms with Gasteiger partial charge in [0.1, 0.15) is 5.75 Å². The van der Waals surface area contributed by atoms with Crippen LogP contribution in [-0.2, 0) is 4.79 Å². The molecule has 0 atom stereocenters. The van der Waals surface area contributed by atoms with Gasteiger partial charge in [0.05, 0.1) is 29.2 Å². The van der Waals surface area contributed by atoms with Gasteiger partial charge in [-0.25, -0.2) is 0 Å². The number of nitro groups is 1. The van der Waals surface area contributed by atoms with Crippen LogP contribution in [0.4, 0.5) is 11.4 Å². The molecule has 3 aromatic rings. The zero-order valence-electron chi connectivity index (χ0n) is 15.4. The van der Waals surface area contributed by atoms with Gasteiger partial charge in [-0.15, -0.1) is 0 Å². The molecular weight excluding hydrogens is 356 g/mol. The molecule has 1 amide bonds. The Hall–Kier alpha value is -3.67. The standard InChI is InChI=1S/C22H20N2O4/c1-16-19(11-7-12-20(16)24(26)27)23-22(25)14-15-28-21-13-6-5-10-18(21)17-8-3-2-4-9-17/h2-13H,14-15H2,1H3,(H,23,25). The largest absolute Gasteiger partial charge is 0.492 e. The van der Waals surface area contributed by atoms with Crippen molar-refractivity contribution in [1.82, 2.24) is 0 Å². The number of nitrogens with zero attached hydrogens (tertiary/aromatic N) is 1. The van der Waals surface area contributed by atoms with E-state index in [-0.39, 0.29) is 24.6 Å². The number of amides is 1. The van der Waals surface area contributed by atoms with Gasteiger partial charge in [-0.1, -0.05) is 54.6 Å². The number of para-hydroxylation sites is 1. The van der Waals surface area contributed by atoms with Crippen LogP contribution in [0.15, 0.2) is 72.8 Å². The normalized spacial score (nSPS) is 10.3. The molecule has 0 spiro atoms. The molecule has 0 saturated heterocycles. The summed E-state index contributed by atoms with van der Waals surface area (Å²) < 4.78 is 5.82. The summed E-state index contributed by atoms with van der Waals surface area (Å²) in [7, 11) is 0. The van der Waals surface area contributed by atoms with Crippen molar-refractivity contribution in [3.63, 3.8) is 0 Å². The van der Waals surface area contributed by atoms with Crippen molar-refractivity contribution in [2.45, 2.75) is 13.3 Å². The molecule has 3 aromatic carbocycles. The molecule has 0 unspecified atom stereocenters. The van der Waals surface area contributed by atoms with E-state index < -0.39 is 4.92 Å². The Bertz CT molecular complexity index is 987.